The third-order valence-electron chi connectivity index (χ3n) is 4.17. The van der Waals surface area contributed by atoms with Crippen molar-refractivity contribution in [2.75, 3.05) is 39.2 Å². The average Bonchev–Trinajstić information content (AvgIpc) is 3.14. The van der Waals surface area contributed by atoms with E-state index in [-0.39, 0.29) is 18.3 Å². The normalized spacial score (nSPS) is 10.5. The Morgan fingerprint density at radius 2 is 1.90 bits per heavy atom. The molecular formula is C20H20Cl2N4O2S. The summed E-state index contributed by atoms with van der Waals surface area (Å²) in [6.07, 6.45) is 0. The molecule has 0 radical (unpaired) electrons. The lowest BCUT2D eigenvalue weighted by molar-refractivity contribution is 0.0985. The van der Waals surface area contributed by atoms with Gasteiger partial charge in [-0.2, -0.15) is 5.26 Å². The summed E-state index contributed by atoms with van der Waals surface area (Å²) < 4.78 is 6.16. The number of nitriles is 1. The highest BCUT2D eigenvalue weighted by molar-refractivity contribution is 7.23. The minimum absolute atomic E-state index is 0. The van der Waals surface area contributed by atoms with Gasteiger partial charge in [0.25, 0.3) is 5.91 Å². The summed E-state index contributed by atoms with van der Waals surface area (Å²) in [4.78, 5) is 21.5. The van der Waals surface area contributed by atoms with Crippen LogP contribution in [0.25, 0.3) is 10.2 Å². The van der Waals surface area contributed by atoms with Crippen LogP contribution in [0.5, 0.6) is 5.75 Å². The molecule has 0 atom stereocenters. The summed E-state index contributed by atoms with van der Waals surface area (Å²) in [6.45, 7) is 1.13. The fraction of sp³-hybridized carbons (Fsp3) is 0.250. The summed E-state index contributed by atoms with van der Waals surface area (Å²) in [5, 5.41) is 10.1. The summed E-state index contributed by atoms with van der Waals surface area (Å²) in [5.41, 5.74) is 1.64. The first-order chi connectivity index (χ1) is 13.4. The van der Waals surface area contributed by atoms with Crippen LogP contribution in [0.4, 0.5) is 5.13 Å². The molecule has 29 heavy (non-hydrogen) atoms. The third-order valence-corrected chi connectivity index (χ3v) is 5.71. The number of fused-ring (bicyclic) bond motifs is 1. The Hall–Kier alpha value is -2.37. The number of thiazole rings is 1. The van der Waals surface area contributed by atoms with Crippen molar-refractivity contribution in [3.05, 3.63) is 52.5 Å². The lowest BCUT2D eigenvalue weighted by atomic mass is 10.1. The van der Waals surface area contributed by atoms with E-state index < -0.39 is 0 Å². The van der Waals surface area contributed by atoms with E-state index in [1.807, 2.05) is 19.0 Å². The Morgan fingerprint density at radius 1 is 1.21 bits per heavy atom. The number of ether oxygens (including phenoxy) is 1. The van der Waals surface area contributed by atoms with E-state index in [1.54, 1.807) is 48.4 Å². The second-order valence-electron chi connectivity index (χ2n) is 6.37. The van der Waals surface area contributed by atoms with Crippen molar-refractivity contribution in [2.45, 2.75) is 0 Å². The van der Waals surface area contributed by atoms with E-state index in [1.165, 1.54) is 11.3 Å². The number of halogens is 2. The van der Waals surface area contributed by atoms with E-state index in [9.17, 15) is 4.79 Å². The first-order valence-electron chi connectivity index (χ1n) is 8.54. The number of rotatable bonds is 6. The molecule has 3 rings (SSSR count). The maximum atomic E-state index is 13.2. The van der Waals surface area contributed by atoms with Crippen LogP contribution >= 0.6 is 35.3 Å². The van der Waals surface area contributed by atoms with Gasteiger partial charge in [-0.05, 0) is 50.5 Å². The summed E-state index contributed by atoms with van der Waals surface area (Å²) in [6, 6.07) is 12.2. The summed E-state index contributed by atoms with van der Waals surface area (Å²) >= 11 is 7.69. The highest BCUT2D eigenvalue weighted by Gasteiger charge is 2.23. The van der Waals surface area contributed by atoms with Crippen LogP contribution in [0.1, 0.15) is 15.9 Å². The number of hydrogen-bond acceptors (Lipinski definition) is 6. The van der Waals surface area contributed by atoms with E-state index in [0.717, 1.165) is 4.70 Å². The number of hydrogen-bond donors (Lipinski definition) is 0. The molecule has 0 saturated carbocycles. The van der Waals surface area contributed by atoms with Crippen LogP contribution in [0.2, 0.25) is 5.02 Å². The molecule has 1 heterocycles. The molecular weight excluding hydrogens is 431 g/mol. The van der Waals surface area contributed by atoms with E-state index in [2.05, 4.69) is 11.1 Å². The predicted molar refractivity (Wildman–Crippen MR) is 120 cm³/mol. The fourth-order valence-corrected chi connectivity index (χ4v) is 3.93. The lowest BCUT2D eigenvalue weighted by Gasteiger charge is -2.22. The Bertz CT molecular complexity index is 1050. The van der Waals surface area contributed by atoms with Crippen molar-refractivity contribution in [3.63, 3.8) is 0 Å². The van der Waals surface area contributed by atoms with E-state index in [0.29, 0.717) is 45.6 Å². The fourth-order valence-electron chi connectivity index (χ4n) is 2.65. The number of anilines is 1. The van der Waals surface area contributed by atoms with Gasteiger partial charge in [0.1, 0.15) is 11.3 Å². The van der Waals surface area contributed by atoms with Gasteiger partial charge in [-0.25, -0.2) is 4.98 Å². The molecule has 0 saturated heterocycles. The Morgan fingerprint density at radius 3 is 2.48 bits per heavy atom. The molecule has 1 amide bonds. The summed E-state index contributed by atoms with van der Waals surface area (Å²) in [7, 11) is 5.47. The molecule has 0 spiro atoms. The van der Waals surface area contributed by atoms with Gasteiger partial charge >= 0.3 is 0 Å². The SMILES string of the molecule is COc1ccc(Cl)c2sc(N(CCN(C)C)C(=O)c3ccc(C#N)cc3)nc12.Cl. The zero-order chi connectivity index (χ0) is 20.3. The largest absolute Gasteiger partial charge is 0.494 e. The average molecular weight is 451 g/mol. The number of likely N-dealkylation sites (N-methyl/N-ethyl adjacent to an activating group) is 1. The summed E-state index contributed by atoms with van der Waals surface area (Å²) in [5.74, 6) is 0.431. The quantitative estimate of drug-likeness (QED) is 0.554. The van der Waals surface area contributed by atoms with Crippen molar-refractivity contribution in [3.8, 4) is 11.8 Å². The van der Waals surface area contributed by atoms with Gasteiger partial charge in [-0.3, -0.25) is 9.69 Å². The van der Waals surface area contributed by atoms with Crippen LogP contribution in [0, 0.1) is 11.3 Å². The standard InChI is InChI=1S/C20H19ClN4O2S.ClH/c1-24(2)10-11-25(19(26)14-6-4-13(12-22)5-7-14)20-23-17-16(27-3)9-8-15(21)18(17)28-20;/h4-9H,10-11H2,1-3H3;1H. The van der Waals surface area contributed by atoms with E-state index >= 15 is 0 Å². The van der Waals surface area contributed by atoms with Gasteiger partial charge in [0.2, 0.25) is 0 Å². The minimum Gasteiger partial charge on any atom is -0.494 e. The van der Waals surface area contributed by atoms with Crippen molar-refractivity contribution in [1.29, 1.82) is 5.26 Å². The molecule has 0 aliphatic heterocycles. The van der Waals surface area contributed by atoms with Gasteiger partial charge in [-0.1, -0.05) is 22.9 Å². The molecule has 2 aromatic carbocycles. The van der Waals surface area contributed by atoms with Crippen LogP contribution in [-0.4, -0.2) is 50.1 Å². The number of nitrogens with zero attached hydrogens (tertiary/aromatic N) is 4. The molecule has 0 aliphatic carbocycles. The Labute approximate surface area is 184 Å². The number of carbonyl (C=O) groups is 1. The molecule has 0 bridgehead atoms. The molecule has 152 valence electrons. The monoisotopic (exact) mass is 450 g/mol. The first-order valence-corrected chi connectivity index (χ1v) is 9.74. The highest BCUT2D eigenvalue weighted by atomic mass is 35.5. The smallest absolute Gasteiger partial charge is 0.260 e. The van der Waals surface area contributed by atoms with Crippen molar-refractivity contribution in [1.82, 2.24) is 9.88 Å². The van der Waals surface area contributed by atoms with Crippen LogP contribution < -0.4 is 9.64 Å². The zero-order valence-corrected chi connectivity index (χ0v) is 18.6. The van der Waals surface area contributed by atoms with Crippen molar-refractivity contribution < 1.29 is 9.53 Å². The second kappa shape index (κ2) is 9.90. The molecule has 1 aromatic heterocycles. The maximum Gasteiger partial charge on any atom is 0.260 e. The zero-order valence-electron chi connectivity index (χ0n) is 16.2. The lowest BCUT2D eigenvalue weighted by Crippen LogP contribution is -2.36. The Kier molecular flexibility index (Phi) is 7.82. The number of benzene rings is 2. The van der Waals surface area contributed by atoms with Gasteiger partial charge in [0.15, 0.2) is 5.13 Å². The molecule has 9 heteroatoms. The Balaban J connectivity index is 0.00000300. The number of aromatic nitrogens is 1. The van der Waals surface area contributed by atoms with Crippen LogP contribution in [0.15, 0.2) is 36.4 Å². The predicted octanol–water partition coefficient (Wildman–Crippen LogP) is 4.46. The molecule has 0 unspecified atom stereocenters. The second-order valence-corrected chi connectivity index (χ2v) is 7.76. The van der Waals surface area contributed by atoms with Crippen molar-refractivity contribution >= 4 is 56.6 Å². The number of carbonyl (C=O) groups excluding carboxylic acids is 1. The van der Waals surface area contributed by atoms with Crippen LogP contribution in [-0.2, 0) is 0 Å². The van der Waals surface area contributed by atoms with Gasteiger partial charge < -0.3 is 9.64 Å². The van der Waals surface area contributed by atoms with Crippen LogP contribution in [0.3, 0.4) is 0 Å². The molecule has 3 aromatic rings. The first kappa shape index (κ1) is 22.9. The molecule has 6 nitrogen and oxygen atoms in total. The molecule has 0 N–H and O–H groups in total. The number of amides is 1. The van der Waals surface area contributed by atoms with Gasteiger partial charge in [0.05, 0.1) is 28.5 Å². The third kappa shape index (κ3) is 4.98. The minimum atomic E-state index is -0.180. The van der Waals surface area contributed by atoms with Crippen molar-refractivity contribution in [2.24, 2.45) is 0 Å². The van der Waals surface area contributed by atoms with E-state index in [4.69, 9.17) is 21.6 Å². The molecule has 0 fully saturated rings. The van der Waals surface area contributed by atoms with Gasteiger partial charge in [-0.15, -0.1) is 12.4 Å². The van der Waals surface area contributed by atoms with Gasteiger partial charge in [0, 0.05) is 18.7 Å². The number of methoxy groups -OCH3 is 1. The molecule has 0 aliphatic rings. The highest BCUT2D eigenvalue weighted by Crippen LogP contribution is 2.39. The topological polar surface area (TPSA) is 69.5 Å². The maximum absolute atomic E-state index is 13.2.